The molecule has 2 heterocycles. The molecule has 7 heteroatoms. The normalized spacial score (nSPS) is 18.4. The second-order valence-electron chi connectivity index (χ2n) is 4.69. The molecule has 0 saturated carbocycles. The van der Waals surface area contributed by atoms with E-state index in [1.54, 1.807) is 6.07 Å². The molecule has 0 radical (unpaired) electrons. The molecule has 1 saturated heterocycles. The minimum atomic E-state index is -0.508. The van der Waals surface area contributed by atoms with Crippen LogP contribution in [0.15, 0.2) is 22.7 Å². The van der Waals surface area contributed by atoms with Gasteiger partial charge in [0.2, 0.25) is 0 Å². The van der Waals surface area contributed by atoms with Gasteiger partial charge in [0.15, 0.2) is 5.82 Å². The van der Waals surface area contributed by atoms with Crippen molar-refractivity contribution in [2.75, 3.05) is 13.1 Å². The average Bonchev–Trinajstić information content (AvgIpc) is 2.97. The maximum absolute atomic E-state index is 14.3. The first-order chi connectivity index (χ1) is 9.22. The highest BCUT2D eigenvalue weighted by atomic mass is 79.9. The lowest BCUT2D eigenvalue weighted by molar-refractivity contribution is 0.335. The van der Waals surface area contributed by atoms with Crippen LogP contribution in [0.1, 0.15) is 24.2 Å². The van der Waals surface area contributed by atoms with Crippen LogP contribution in [0.5, 0.6) is 0 Å². The van der Waals surface area contributed by atoms with E-state index in [9.17, 15) is 4.39 Å². The number of halogens is 2. The van der Waals surface area contributed by atoms with Crippen molar-refractivity contribution in [3.8, 4) is 0 Å². The Hall–Kier alpha value is -1.34. The maximum Gasteiger partial charge on any atom is 0.185 e. The first-order valence-electron chi connectivity index (χ1n) is 6.12. The highest BCUT2D eigenvalue weighted by Crippen LogP contribution is 2.40. The van der Waals surface area contributed by atoms with Crippen LogP contribution in [0, 0.1) is 5.82 Å². The summed E-state index contributed by atoms with van der Waals surface area (Å²) in [7, 11) is 0. The number of aromatic nitrogens is 4. The van der Waals surface area contributed by atoms with Gasteiger partial charge in [0, 0.05) is 10.0 Å². The number of aromatic amines is 1. The lowest BCUT2D eigenvalue weighted by Crippen LogP contribution is -2.42. The van der Waals surface area contributed by atoms with Crippen LogP contribution in [0.3, 0.4) is 0 Å². The molecule has 5 nitrogen and oxygen atoms in total. The Morgan fingerprint density at radius 3 is 2.74 bits per heavy atom. The van der Waals surface area contributed by atoms with E-state index in [1.807, 2.05) is 6.07 Å². The summed E-state index contributed by atoms with van der Waals surface area (Å²) in [5.41, 5.74) is 0.122. The molecule has 1 aliphatic heterocycles. The number of hydrogen-bond acceptors (Lipinski definition) is 4. The monoisotopic (exact) mass is 325 g/mol. The molecule has 100 valence electrons. The first-order valence-corrected chi connectivity index (χ1v) is 6.92. The van der Waals surface area contributed by atoms with Gasteiger partial charge in [0.1, 0.15) is 5.82 Å². The van der Waals surface area contributed by atoms with Crippen molar-refractivity contribution in [3.63, 3.8) is 0 Å². The predicted molar refractivity (Wildman–Crippen MR) is 71.2 cm³/mol. The second kappa shape index (κ2) is 4.97. The van der Waals surface area contributed by atoms with Crippen molar-refractivity contribution in [2.24, 2.45) is 0 Å². The molecule has 1 aromatic carbocycles. The van der Waals surface area contributed by atoms with E-state index in [2.05, 4.69) is 41.9 Å². The van der Waals surface area contributed by atoms with Crippen molar-refractivity contribution in [3.05, 3.63) is 39.9 Å². The Kier molecular flexibility index (Phi) is 3.32. The highest BCUT2D eigenvalue weighted by molar-refractivity contribution is 9.10. The van der Waals surface area contributed by atoms with Crippen molar-refractivity contribution in [2.45, 2.75) is 18.3 Å². The molecule has 0 bridgehead atoms. The Bertz CT molecular complexity index is 566. The highest BCUT2D eigenvalue weighted by Gasteiger charge is 2.41. The van der Waals surface area contributed by atoms with Crippen LogP contribution in [-0.4, -0.2) is 33.7 Å². The lowest BCUT2D eigenvalue weighted by Gasteiger charge is -2.35. The van der Waals surface area contributed by atoms with Crippen molar-refractivity contribution in [1.29, 1.82) is 0 Å². The van der Waals surface area contributed by atoms with E-state index in [0.717, 1.165) is 30.4 Å². The van der Waals surface area contributed by atoms with Gasteiger partial charge in [-0.3, -0.25) is 0 Å². The van der Waals surface area contributed by atoms with E-state index in [4.69, 9.17) is 0 Å². The number of piperidine rings is 1. The SMILES string of the molecule is Fc1ccc(Br)cc1C1(c2nn[nH]n2)CCNCC1. The summed E-state index contributed by atoms with van der Waals surface area (Å²) in [6.45, 7) is 1.61. The van der Waals surface area contributed by atoms with Gasteiger partial charge in [-0.15, -0.1) is 10.2 Å². The molecule has 0 unspecified atom stereocenters. The zero-order valence-corrected chi connectivity index (χ0v) is 11.7. The van der Waals surface area contributed by atoms with Gasteiger partial charge in [-0.2, -0.15) is 5.21 Å². The van der Waals surface area contributed by atoms with Gasteiger partial charge >= 0.3 is 0 Å². The standard InChI is InChI=1S/C12H13BrFN5/c13-8-1-2-10(14)9(7-8)12(3-5-15-6-4-12)11-16-18-19-17-11/h1-2,7,15H,3-6H2,(H,16,17,18,19). The van der Waals surface area contributed by atoms with E-state index >= 15 is 0 Å². The Morgan fingerprint density at radius 1 is 1.26 bits per heavy atom. The number of tetrazole rings is 1. The smallest absolute Gasteiger partial charge is 0.185 e. The molecule has 3 rings (SSSR count). The summed E-state index contributed by atoms with van der Waals surface area (Å²) >= 11 is 3.40. The molecule has 2 N–H and O–H groups in total. The van der Waals surface area contributed by atoms with E-state index < -0.39 is 5.41 Å². The molecule has 1 fully saturated rings. The van der Waals surface area contributed by atoms with E-state index in [0.29, 0.717) is 11.4 Å². The van der Waals surface area contributed by atoms with Gasteiger partial charge in [0.05, 0.1) is 5.41 Å². The van der Waals surface area contributed by atoms with Gasteiger partial charge in [0.25, 0.3) is 0 Å². The fourth-order valence-electron chi connectivity index (χ4n) is 2.70. The van der Waals surface area contributed by atoms with Crippen LogP contribution in [0.2, 0.25) is 0 Å². The summed E-state index contributed by atoms with van der Waals surface area (Å²) < 4.78 is 15.1. The van der Waals surface area contributed by atoms with Crippen molar-refractivity contribution in [1.82, 2.24) is 25.9 Å². The largest absolute Gasteiger partial charge is 0.317 e. The van der Waals surface area contributed by atoms with Gasteiger partial charge in [-0.05, 0) is 44.1 Å². The van der Waals surface area contributed by atoms with Gasteiger partial charge in [-0.1, -0.05) is 21.1 Å². The number of nitrogens with zero attached hydrogens (tertiary/aromatic N) is 3. The Labute approximate surface area is 118 Å². The van der Waals surface area contributed by atoms with Crippen LogP contribution in [0.4, 0.5) is 4.39 Å². The lowest BCUT2D eigenvalue weighted by atomic mass is 9.72. The van der Waals surface area contributed by atoms with Crippen LogP contribution in [0.25, 0.3) is 0 Å². The maximum atomic E-state index is 14.3. The molecule has 0 amide bonds. The van der Waals surface area contributed by atoms with Gasteiger partial charge in [-0.25, -0.2) is 4.39 Å². The number of hydrogen-bond donors (Lipinski definition) is 2. The Balaban J connectivity index is 2.16. The zero-order chi connectivity index (χ0) is 13.3. The molecule has 2 aromatic rings. The van der Waals surface area contributed by atoms with Crippen LogP contribution in [-0.2, 0) is 5.41 Å². The van der Waals surface area contributed by atoms with Crippen LogP contribution >= 0.6 is 15.9 Å². The third-order valence-electron chi connectivity index (χ3n) is 3.67. The first kappa shape index (κ1) is 12.7. The molecule has 0 aliphatic carbocycles. The topological polar surface area (TPSA) is 66.5 Å². The quantitative estimate of drug-likeness (QED) is 0.883. The minimum Gasteiger partial charge on any atom is -0.317 e. The number of benzene rings is 1. The summed E-state index contributed by atoms with van der Waals surface area (Å²) in [4.78, 5) is 0. The fourth-order valence-corrected chi connectivity index (χ4v) is 3.06. The molecule has 0 atom stereocenters. The molecular formula is C12H13BrFN5. The van der Waals surface area contributed by atoms with Gasteiger partial charge < -0.3 is 5.32 Å². The molecule has 1 aromatic heterocycles. The number of H-pyrrole nitrogens is 1. The second-order valence-corrected chi connectivity index (χ2v) is 5.61. The van der Waals surface area contributed by atoms with E-state index in [-0.39, 0.29) is 5.82 Å². The average molecular weight is 326 g/mol. The molecule has 19 heavy (non-hydrogen) atoms. The summed E-state index contributed by atoms with van der Waals surface area (Å²) in [5.74, 6) is 0.334. The summed E-state index contributed by atoms with van der Waals surface area (Å²) in [6, 6.07) is 4.99. The molecular weight excluding hydrogens is 313 g/mol. The summed E-state index contributed by atoms with van der Waals surface area (Å²) in [6.07, 6.45) is 1.50. The van der Waals surface area contributed by atoms with Crippen molar-refractivity contribution >= 4 is 15.9 Å². The molecule has 0 spiro atoms. The third kappa shape index (κ3) is 2.17. The predicted octanol–water partition coefficient (Wildman–Crippen LogP) is 1.77. The molecule has 1 aliphatic rings. The number of rotatable bonds is 2. The Morgan fingerprint density at radius 2 is 2.05 bits per heavy atom. The summed E-state index contributed by atoms with van der Waals surface area (Å²) in [5, 5.41) is 17.6. The van der Waals surface area contributed by atoms with Crippen molar-refractivity contribution < 1.29 is 4.39 Å². The zero-order valence-electron chi connectivity index (χ0n) is 10.2. The fraction of sp³-hybridized carbons (Fsp3) is 0.417. The minimum absolute atomic E-state index is 0.227. The third-order valence-corrected chi connectivity index (χ3v) is 4.17. The van der Waals surface area contributed by atoms with Crippen LogP contribution < -0.4 is 5.32 Å². The number of nitrogens with one attached hydrogen (secondary N) is 2. The van der Waals surface area contributed by atoms with E-state index in [1.165, 1.54) is 6.07 Å².